The van der Waals surface area contributed by atoms with Gasteiger partial charge in [0.25, 0.3) is 0 Å². The van der Waals surface area contributed by atoms with Gasteiger partial charge in [-0.2, -0.15) is 0 Å². The lowest BCUT2D eigenvalue weighted by Gasteiger charge is -1.93. The minimum absolute atomic E-state index is 0.200. The van der Waals surface area contributed by atoms with E-state index >= 15 is 0 Å². The van der Waals surface area contributed by atoms with E-state index in [9.17, 15) is 9.00 Å². The van der Waals surface area contributed by atoms with Crippen molar-refractivity contribution in [2.45, 2.75) is 18.1 Å². The minimum atomic E-state index is -1.49. The summed E-state index contributed by atoms with van der Waals surface area (Å²) < 4.78 is 16.5. The number of carbonyl (C=O) groups excluding carboxylic acids is 1. The molecule has 0 saturated heterocycles. The first kappa shape index (κ1) is 11.3. The van der Waals surface area contributed by atoms with Crippen LogP contribution in [-0.4, -0.2) is 22.2 Å². The number of nitrogens with one attached hydrogen (secondary N) is 1. The van der Waals surface area contributed by atoms with E-state index < -0.39 is 11.1 Å². The molecule has 78 valence electrons. The zero-order valence-electron chi connectivity index (χ0n) is 7.99. The van der Waals surface area contributed by atoms with Crippen molar-refractivity contribution in [1.82, 2.24) is 4.98 Å². The first-order chi connectivity index (χ1) is 6.54. The normalized spacial score (nSPS) is 12.5. The van der Waals surface area contributed by atoms with Crippen LogP contribution in [0.4, 0.5) is 5.13 Å². The van der Waals surface area contributed by atoms with Gasteiger partial charge >= 0.3 is 0 Å². The molecule has 0 spiro atoms. The number of amides is 1. The highest BCUT2D eigenvalue weighted by atomic mass is 32.2. The Balaban J connectivity index is 2.93. The van der Waals surface area contributed by atoms with Crippen molar-refractivity contribution >= 4 is 33.5 Å². The number of nitrogens with zero attached hydrogens (tertiary/aromatic N) is 1. The summed E-state index contributed by atoms with van der Waals surface area (Å²) in [7, 11) is 1.35. The molecule has 1 aromatic rings. The van der Waals surface area contributed by atoms with Crippen LogP contribution in [0, 0.1) is 6.92 Å². The highest BCUT2D eigenvalue weighted by molar-refractivity contribution is 7.82. The van der Waals surface area contributed by atoms with Crippen molar-refractivity contribution in [2.24, 2.45) is 0 Å². The number of anilines is 1. The average molecular weight is 234 g/mol. The summed E-state index contributed by atoms with van der Waals surface area (Å²) >= 11 is -0.339. The zero-order valence-corrected chi connectivity index (χ0v) is 9.62. The summed E-state index contributed by atoms with van der Waals surface area (Å²) in [5.74, 6) is -0.200. The first-order valence-electron chi connectivity index (χ1n) is 3.76. The third kappa shape index (κ3) is 2.60. The maximum atomic E-state index is 11.3. The minimum Gasteiger partial charge on any atom is -0.302 e. The Bertz CT molecular complexity index is 375. The second kappa shape index (κ2) is 4.63. The molecular formula is C7H10N2O3S2. The Hall–Kier alpha value is -0.790. The van der Waals surface area contributed by atoms with Crippen LogP contribution in [0.3, 0.4) is 0 Å². The number of hydrogen-bond donors (Lipinski definition) is 1. The van der Waals surface area contributed by atoms with Crippen molar-refractivity contribution in [1.29, 1.82) is 0 Å². The second-order valence-electron chi connectivity index (χ2n) is 2.47. The van der Waals surface area contributed by atoms with Gasteiger partial charge in [-0.1, -0.05) is 11.3 Å². The summed E-state index contributed by atoms with van der Waals surface area (Å²) in [6.45, 7) is 3.11. The van der Waals surface area contributed by atoms with E-state index in [0.717, 1.165) is 11.3 Å². The fourth-order valence-electron chi connectivity index (χ4n) is 0.817. The number of carbonyl (C=O) groups is 1. The van der Waals surface area contributed by atoms with Crippen molar-refractivity contribution in [2.75, 3.05) is 12.4 Å². The van der Waals surface area contributed by atoms with Crippen LogP contribution in [0.2, 0.25) is 0 Å². The van der Waals surface area contributed by atoms with Gasteiger partial charge < -0.3 is 5.32 Å². The molecule has 0 radical (unpaired) electrons. The molecule has 1 atom stereocenters. The van der Waals surface area contributed by atoms with Crippen molar-refractivity contribution in [3.05, 3.63) is 5.69 Å². The van der Waals surface area contributed by atoms with Crippen LogP contribution < -0.4 is 5.32 Å². The van der Waals surface area contributed by atoms with Gasteiger partial charge in [-0.3, -0.25) is 8.98 Å². The van der Waals surface area contributed by atoms with E-state index in [-0.39, 0.29) is 5.91 Å². The molecule has 0 aliphatic rings. The zero-order chi connectivity index (χ0) is 10.7. The van der Waals surface area contributed by atoms with Gasteiger partial charge in [-0.05, 0) is 6.92 Å². The lowest BCUT2D eigenvalue weighted by atomic mass is 10.6. The molecule has 1 amide bonds. The largest absolute Gasteiger partial charge is 0.302 e. The molecule has 1 rings (SSSR count). The Morgan fingerprint density at radius 2 is 2.29 bits per heavy atom. The SMILES string of the molecule is COS(=O)c1sc(NC(C)=O)nc1C. The molecule has 1 N–H and O–H groups in total. The second-order valence-corrected chi connectivity index (χ2v) is 4.94. The molecule has 0 saturated carbocycles. The lowest BCUT2D eigenvalue weighted by molar-refractivity contribution is -0.114. The maximum Gasteiger partial charge on any atom is 0.223 e. The average Bonchev–Trinajstić information content (AvgIpc) is 2.44. The van der Waals surface area contributed by atoms with Crippen LogP contribution in [0.25, 0.3) is 0 Å². The smallest absolute Gasteiger partial charge is 0.223 e. The Morgan fingerprint density at radius 1 is 1.64 bits per heavy atom. The highest BCUT2D eigenvalue weighted by Gasteiger charge is 2.14. The van der Waals surface area contributed by atoms with Crippen molar-refractivity contribution in [3.63, 3.8) is 0 Å². The van der Waals surface area contributed by atoms with Crippen molar-refractivity contribution < 1.29 is 13.2 Å². The Kier molecular flexibility index (Phi) is 3.73. The van der Waals surface area contributed by atoms with Gasteiger partial charge in [0.15, 0.2) is 5.13 Å². The number of rotatable bonds is 3. The topological polar surface area (TPSA) is 68.3 Å². The summed E-state index contributed by atoms with van der Waals surface area (Å²) in [4.78, 5) is 14.8. The fourth-order valence-corrected chi connectivity index (χ4v) is 2.71. The number of hydrogen-bond acceptors (Lipinski definition) is 5. The van der Waals surface area contributed by atoms with Crippen molar-refractivity contribution in [3.8, 4) is 0 Å². The molecule has 0 aliphatic heterocycles. The summed E-state index contributed by atoms with van der Waals surface area (Å²) in [5, 5.41) is 2.96. The molecule has 0 fully saturated rings. The van der Waals surface area contributed by atoms with Gasteiger partial charge in [-0.25, -0.2) is 9.19 Å². The molecule has 1 unspecified atom stereocenters. The molecule has 7 heteroatoms. The molecule has 0 aliphatic carbocycles. The monoisotopic (exact) mass is 234 g/mol. The van der Waals surface area contributed by atoms with E-state index in [0.29, 0.717) is 15.0 Å². The summed E-state index contributed by atoms with van der Waals surface area (Å²) in [6.07, 6.45) is 0. The molecule has 1 heterocycles. The van der Waals surface area contributed by atoms with E-state index in [1.165, 1.54) is 14.0 Å². The Morgan fingerprint density at radius 3 is 2.79 bits per heavy atom. The van der Waals surface area contributed by atoms with Crippen LogP contribution in [0.5, 0.6) is 0 Å². The molecule has 0 aromatic carbocycles. The highest BCUT2D eigenvalue weighted by Crippen LogP contribution is 2.25. The van der Waals surface area contributed by atoms with Crippen LogP contribution in [0.15, 0.2) is 4.21 Å². The lowest BCUT2D eigenvalue weighted by Crippen LogP contribution is -2.04. The standard InChI is InChI=1S/C7H10N2O3S2/c1-4-6(14(11)12-3)13-7(8-4)9-5(2)10/h1-3H3,(H,8,9,10). The predicted molar refractivity (Wildman–Crippen MR) is 54.6 cm³/mol. The summed E-state index contributed by atoms with van der Waals surface area (Å²) in [6, 6.07) is 0. The molecule has 1 aromatic heterocycles. The van der Waals surface area contributed by atoms with E-state index in [1.807, 2.05) is 0 Å². The van der Waals surface area contributed by atoms with Gasteiger partial charge in [0.1, 0.15) is 4.21 Å². The number of aryl methyl sites for hydroxylation is 1. The van der Waals surface area contributed by atoms with Crippen LogP contribution >= 0.6 is 11.3 Å². The molecule has 0 bridgehead atoms. The van der Waals surface area contributed by atoms with Crippen LogP contribution in [0.1, 0.15) is 12.6 Å². The van der Waals surface area contributed by atoms with E-state index in [2.05, 4.69) is 14.5 Å². The van der Waals surface area contributed by atoms with E-state index in [4.69, 9.17) is 0 Å². The quantitative estimate of drug-likeness (QED) is 0.849. The molecule has 14 heavy (non-hydrogen) atoms. The number of thiazole rings is 1. The van der Waals surface area contributed by atoms with Gasteiger partial charge in [0.05, 0.1) is 12.8 Å². The van der Waals surface area contributed by atoms with Gasteiger partial charge in [-0.15, -0.1) is 0 Å². The third-order valence-corrected chi connectivity index (χ3v) is 3.77. The van der Waals surface area contributed by atoms with Crippen LogP contribution in [-0.2, 0) is 20.1 Å². The predicted octanol–water partition coefficient (Wildman–Crippen LogP) is 1.08. The third-order valence-electron chi connectivity index (χ3n) is 1.34. The van der Waals surface area contributed by atoms with Gasteiger partial charge in [0, 0.05) is 6.92 Å². The molecule has 5 nitrogen and oxygen atoms in total. The molecular weight excluding hydrogens is 224 g/mol. The maximum absolute atomic E-state index is 11.3. The first-order valence-corrected chi connectivity index (χ1v) is 5.65. The Labute approximate surface area is 88.2 Å². The fraction of sp³-hybridized carbons (Fsp3) is 0.429. The van der Waals surface area contributed by atoms with E-state index in [1.54, 1.807) is 6.92 Å². The summed E-state index contributed by atoms with van der Waals surface area (Å²) in [5.41, 5.74) is 0.610. The number of aromatic nitrogens is 1. The van der Waals surface area contributed by atoms with Gasteiger partial charge in [0.2, 0.25) is 17.0 Å².